The van der Waals surface area contributed by atoms with Gasteiger partial charge in [-0.3, -0.25) is 14.6 Å². The van der Waals surface area contributed by atoms with E-state index in [-0.39, 0.29) is 18.1 Å². The van der Waals surface area contributed by atoms with Crippen molar-refractivity contribution in [2.45, 2.75) is 25.0 Å². The highest BCUT2D eigenvalue weighted by molar-refractivity contribution is 6.35. The summed E-state index contributed by atoms with van der Waals surface area (Å²) < 4.78 is 0. The fraction of sp³-hybridized carbons (Fsp3) is 0.278. The van der Waals surface area contributed by atoms with Gasteiger partial charge < -0.3 is 0 Å². The molecule has 124 valence electrons. The van der Waals surface area contributed by atoms with Crippen molar-refractivity contribution in [1.29, 1.82) is 0 Å². The van der Waals surface area contributed by atoms with Crippen molar-refractivity contribution in [3.63, 3.8) is 0 Å². The molecule has 2 atom stereocenters. The summed E-state index contributed by atoms with van der Waals surface area (Å²) in [6.07, 6.45) is 1.66. The maximum atomic E-state index is 13.0. The van der Waals surface area contributed by atoms with Gasteiger partial charge in [0.15, 0.2) is 0 Å². The Balaban J connectivity index is 1.85. The van der Waals surface area contributed by atoms with Crippen molar-refractivity contribution >= 4 is 46.4 Å². The number of benzene rings is 2. The van der Waals surface area contributed by atoms with Crippen molar-refractivity contribution in [2.75, 3.05) is 11.4 Å². The highest BCUT2D eigenvalue weighted by Gasteiger charge is 2.49. The second-order valence-corrected chi connectivity index (χ2v) is 7.40. The molecule has 2 heterocycles. The lowest BCUT2D eigenvalue weighted by Crippen LogP contribution is -2.32. The van der Waals surface area contributed by atoms with Gasteiger partial charge in [0.05, 0.1) is 6.04 Å². The highest BCUT2D eigenvalue weighted by Crippen LogP contribution is 2.44. The summed E-state index contributed by atoms with van der Waals surface area (Å²) in [5.41, 5.74) is 1.68. The molecule has 2 fully saturated rings. The monoisotopic (exact) mass is 380 g/mol. The van der Waals surface area contributed by atoms with Gasteiger partial charge in [-0.05, 0) is 43.2 Å². The Bertz CT molecular complexity index is 811. The minimum absolute atomic E-state index is 0.0965. The number of amides is 1. The zero-order chi connectivity index (χ0) is 16.8. The summed E-state index contributed by atoms with van der Waals surface area (Å²) in [6, 6.07) is 12.7. The fourth-order valence-electron chi connectivity index (χ4n) is 3.70. The van der Waals surface area contributed by atoms with E-state index in [4.69, 9.17) is 34.8 Å². The van der Waals surface area contributed by atoms with Crippen molar-refractivity contribution < 1.29 is 4.79 Å². The molecule has 0 aromatic heterocycles. The molecular formula is C18H15Cl3N2O. The molecule has 0 saturated carbocycles. The van der Waals surface area contributed by atoms with Crippen LogP contribution in [0.25, 0.3) is 0 Å². The Morgan fingerprint density at radius 1 is 1.00 bits per heavy atom. The van der Waals surface area contributed by atoms with E-state index in [9.17, 15) is 4.79 Å². The molecule has 4 rings (SSSR count). The fourth-order valence-corrected chi connectivity index (χ4v) is 4.39. The molecule has 3 nitrogen and oxygen atoms in total. The van der Waals surface area contributed by atoms with Crippen molar-refractivity contribution in [3.8, 4) is 0 Å². The van der Waals surface area contributed by atoms with Gasteiger partial charge >= 0.3 is 0 Å². The minimum atomic E-state index is -0.228. The molecule has 1 amide bonds. The van der Waals surface area contributed by atoms with Gasteiger partial charge in [0.2, 0.25) is 5.91 Å². The van der Waals surface area contributed by atoms with Crippen LogP contribution in [0.1, 0.15) is 24.6 Å². The second-order valence-electron chi connectivity index (χ2n) is 6.12. The zero-order valence-corrected chi connectivity index (χ0v) is 15.0. The van der Waals surface area contributed by atoms with Crippen LogP contribution in [0.3, 0.4) is 0 Å². The minimum Gasteiger partial charge on any atom is -0.290 e. The third-order valence-electron chi connectivity index (χ3n) is 4.70. The van der Waals surface area contributed by atoms with Gasteiger partial charge in [-0.15, -0.1) is 0 Å². The van der Waals surface area contributed by atoms with E-state index < -0.39 is 0 Å². The maximum absolute atomic E-state index is 13.0. The van der Waals surface area contributed by atoms with Crippen molar-refractivity contribution in [3.05, 3.63) is 63.1 Å². The predicted molar refractivity (Wildman–Crippen MR) is 97.9 cm³/mol. The van der Waals surface area contributed by atoms with Crippen LogP contribution in [0, 0.1) is 0 Å². The molecule has 0 N–H and O–H groups in total. The standard InChI is InChI=1S/C18H15Cl3N2O/c19-11-3-1-4-13(9-11)23-17(14-7-6-12(20)10-15(14)21)22-8-2-5-16(22)18(23)24/h1,3-4,6-7,9-10,16-17H,2,5,8H2/t16-,17+/m0/s1. The number of carbonyl (C=O) groups is 1. The van der Waals surface area contributed by atoms with Crippen LogP contribution in [-0.4, -0.2) is 23.4 Å². The van der Waals surface area contributed by atoms with Gasteiger partial charge in [0.25, 0.3) is 0 Å². The third kappa shape index (κ3) is 2.60. The normalized spacial score (nSPS) is 23.8. The smallest absolute Gasteiger partial charge is 0.246 e. The Kier molecular flexibility index (Phi) is 4.21. The van der Waals surface area contributed by atoms with E-state index >= 15 is 0 Å². The zero-order valence-electron chi connectivity index (χ0n) is 12.8. The molecule has 0 aliphatic carbocycles. The van der Waals surface area contributed by atoms with Crippen LogP contribution in [0.15, 0.2) is 42.5 Å². The molecule has 0 spiro atoms. The summed E-state index contributed by atoms with van der Waals surface area (Å²) in [5, 5.41) is 1.76. The van der Waals surface area contributed by atoms with Crippen molar-refractivity contribution in [1.82, 2.24) is 4.90 Å². The van der Waals surface area contributed by atoms with Gasteiger partial charge in [0, 0.05) is 32.9 Å². The predicted octanol–water partition coefficient (Wildman–Crippen LogP) is 5.16. The number of carbonyl (C=O) groups excluding carboxylic acids is 1. The van der Waals surface area contributed by atoms with E-state index in [2.05, 4.69) is 4.90 Å². The van der Waals surface area contributed by atoms with Crippen LogP contribution >= 0.6 is 34.8 Å². The summed E-state index contributed by atoms with van der Waals surface area (Å²) in [7, 11) is 0. The summed E-state index contributed by atoms with van der Waals surface area (Å²) in [4.78, 5) is 17.1. The second kappa shape index (κ2) is 6.23. The first-order chi connectivity index (χ1) is 11.6. The van der Waals surface area contributed by atoms with Gasteiger partial charge in [0.1, 0.15) is 6.17 Å². The third-order valence-corrected chi connectivity index (χ3v) is 5.50. The highest BCUT2D eigenvalue weighted by atomic mass is 35.5. The van der Waals surface area contributed by atoms with Crippen LogP contribution < -0.4 is 4.90 Å². The number of halogens is 3. The lowest BCUT2D eigenvalue weighted by atomic mass is 10.1. The van der Waals surface area contributed by atoms with Crippen LogP contribution in [0.2, 0.25) is 15.1 Å². The summed E-state index contributed by atoms with van der Waals surface area (Å²) in [5.74, 6) is 0.103. The quantitative estimate of drug-likeness (QED) is 0.717. The summed E-state index contributed by atoms with van der Waals surface area (Å²) >= 11 is 18.6. The molecule has 0 radical (unpaired) electrons. The van der Waals surface area contributed by atoms with Crippen LogP contribution in [0.4, 0.5) is 5.69 Å². The maximum Gasteiger partial charge on any atom is 0.246 e. The van der Waals surface area contributed by atoms with E-state index in [1.54, 1.807) is 12.1 Å². The molecule has 2 aliphatic heterocycles. The van der Waals surface area contributed by atoms with E-state index in [1.165, 1.54) is 0 Å². The van der Waals surface area contributed by atoms with Crippen LogP contribution in [0.5, 0.6) is 0 Å². The Morgan fingerprint density at radius 2 is 1.79 bits per heavy atom. The van der Waals surface area contributed by atoms with Gasteiger partial charge in [-0.25, -0.2) is 0 Å². The van der Waals surface area contributed by atoms with E-state index in [0.29, 0.717) is 15.1 Å². The number of hydrogen-bond donors (Lipinski definition) is 0. The lowest BCUT2D eigenvalue weighted by Gasteiger charge is -2.30. The Labute approximate surface area is 155 Å². The molecular weight excluding hydrogens is 367 g/mol. The van der Waals surface area contributed by atoms with Crippen molar-refractivity contribution in [2.24, 2.45) is 0 Å². The molecule has 2 aliphatic rings. The van der Waals surface area contributed by atoms with Gasteiger partial charge in [-0.2, -0.15) is 0 Å². The number of rotatable bonds is 2. The molecule has 0 unspecified atom stereocenters. The molecule has 2 aromatic carbocycles. The largest absolute Gasteiger partial charge is 0.290 e. The number of anilines is 1. The SMILES string of the molecule is O=C1[C@@H]2CCCN2[C@@H](c2ccc(Cl)cc2Cl)N1c1cccc(Cl)c1. The average Bonchev–Trinajstić information content (AvgIpc) is 3.10. The first-order valence-corrected chi connectivity index (χ1v) is 8.99. The molecule has 2 saturated heterocycles. The number of fused-ring (bicyclic) bond motifs is 1. The topological polar surface area (TPSA) is 23.6 Å². The number of nitrogens with zero attached hydrogens (tertiary/aromatic N) is 2. The first kappa shape index (κ1) is 16.2. The van der Waals surface area contributed by atoms with Gasteiger partial charge in [-0.1, -0.05) is 46.9 Å². The van der Waals surface area contributed by atoms with E-state index in [1.807, 2.05) is 35.2 Å². The van der Waals surface area contributed by atoms with Crippen LogP contribution in [-0.2, 0) is 4.79 Å². The Morgan fingerprint density at radius 3 is 2.54 bits per heavy atom. The first-order valence-electron chi connectivity index (χ1n) is 7.85. The Hall–Kier alpha value is -1.26. The van der Waals surface area contributed by atoms with E-state index in [0.717, 1.165) is 30.6 Å². The molecule has 6 heteroatoms. The molecule has 24 heavy (non-hydrogen) atoms. The number of hydrogen-bond acceptors (Lipinski definition) is 2. The molecule has 2 aromatic rings. The summed E-state index contributed by atoms with van der Waals surface area (Å²) in [6.45, 7) is 0.872. The lowest BCUT2D eigenvalue weighted by molar-refractivity contribution is -0.119. The average molecular weight is 382 g/mol. The molecule has 0 bridgehead atoms.